The van der Waals surface area contributed by atoms with Gasteiger partial charge in [-0.15, -0.1) is 0 Å². The van der Waals surface area contributed by atoms with Gasteiger partial charge in [0.25, 0.3) is 0 Å². The van der Waals surface area contributed by atoms with E-state index in [0.29, 0.717) is 61.1 Å². The quantitative estimate of drug-likeness (QED) is 0.291. The minimum atomic E-state index is -0.947. The lowest BCUT2D eigenvalue weighted by Crippen LogP contribution is -2.48. The molecule has 10 nitrogen and oxygen atoms in total. The second kappa shape index (κ2) is 14.8. The van der Waals surface area contributed by atoms with Gasteiger partial charge in [-0.2, -0.15) is 0 Å². The molecular formula is C34H45FN2O8. The fourth-order valence-corrected chi connectivity index (χ4v) is 7.15. The molecule has 0 radical (unpaired) electrons. The highest BCUT2D eigenvalue weighted by molar-refractivity contribution is 5.96. The number of halogens is 1. The van der Waals surface area contributed by atoms with Crippen molar-refractivity contribution in [3.8, 4) is 17.2 Å². The molecule has 2 aromatic rings. The van der Waals surface area contributed by atoms with Crippen molar-refractivity contribution in [1.29, 1.82) is 0 Å². The minimum absolute atomic E-state index is 0.0150. The summed E-state index contributed by atoms with van der Waals surface area (Å²) in [5, 5.41) is 10.6. The van der Waals surface area contributed by atoms with Crippen LogP contribution in [0.15, 0.2) is 30.3 Å². The maximum Gasteiger partial charge on any atom is 0.308 e. The van der Waals surface area contributed by atoms with Gasteiger partial charge in [-0.25, -0.2) is 4.39 Å². The number of aliphatic carboxylic acids is 1. The third-order valence-electron chi connectivity index (χ3n) is 9.25. The molecule has 0 spiro atoms. The second-order valence-electron chi connectivity index (χ2n) is 12.1. The van der Waals surface area contributed by atoms with Gasteiger partial charge in [0.1, 0.15) is 5.82 Å². The number of carboxylic acid groups (broad SMARTS) is 1. The van der Waals surface area contributed by atoms with E-state index in [1.54, 1.807) is 30.0 Å². The lowest BCUT2D eigenvalue weighted by Gasteiger charge is -2.35. The highest BCUT2D eigenvalue weighted by Gasteiger charge is 2.48. The number of nitrogens with zero attached hydrogens (tertiary/aromatic N) is 2. The van der Waals surface area contributed by atoms with E-state index in [4.69, 9.17) is 23.7 Å². The second-order valence-corrected chi connectivity index (χ2v) is 12.1. The molecule has 3 aliphatic rings. The van der Waals surface area contributed by atoms with Crippen molar-refractivity contribution in [2.75, 3.05) is 45.1 Å². The van der Waals surface area contributed by atoms with E-state index in [2.05, 4.69) is 13.8 Å². The van der Waals surface area contributed by atoms with Crippen LogP contribution in [-0.2, 0) is 19.1 Å². The summed E-state index contributed by atoms with van der Waals surface area (Å²) in [6, 6.07) is 7.87. The average molecular weight is 629 g/mol. The number of fused-ring (bicyclic) bond motifs is 1. The number of carbonyl (C=O) groups excluding carboxylic acids is 1. The van der Waals surface area contributed by atoms with Gasteiger partial charge >= 0.3 is 5.97 Å². The predicted molar refractivity (Wildman–Crippen MR) is 165 cm³/mol. The van der Waals surface area contributed by atoms with E-state index in [-0.39, 0.29) is 31.1 Å². The van der Waals surface area contributed by atoms with E-state index in [1.165, 1.54) is 13.2 Å². The van der Waals surface area contributed by atoms with Crippen LogP contribution in [0.25, 0.3) is 0 Å². The van der Waals surface area contributed by atoms with Crippen molar-refractivity contribution < 1.29 is 42.8 Å². The summed E-state index contributed by atoms with van der Waals surface area (Å²) in [6.45, 7) is 7.21. The summed E-state index contributed by atoms with van der Waals surface area (Å²) in [5.74, 6) is -1.31. The Morgan fingerprint density at radius 3 is 2.51 bits per heavy atom. The first kappa shape index (κ1) is 33.0. The minimum Gasteiger partial charge on any atom is -0.493 e. The number of ether oxygens (including phenoxy) is 5. The molecule has 246 valence electrons. The molecule has 0 bridgehead atoms. The fraction of sp³-hybridized carbons (Fsp3) is 0.588. The Kier molecular flexibility index (Phi) is 10.8. The van der Waals surface area contributed by atoms with Gasteiger partial charge in [0, 0.05) is 35.8 Å². The average Bonchev–Trinajstić information content (AvgIpc) is 3.78. The van der Waals surface area contributed by atoms with Crippen LogP contribution in [0.1, 0.15) is 69.4 Å². The first-order valence-corrected chi connectivity index (χ1v) is 16.0. The summed E-state index contributed by atoms with van der Waals surface area (Å²) in [7, 11) is 1.53. The summed E-state index contributed by atoms with van der Waals surface area (Å²) in [5.41, 5.74) is 1.72. The maximum absolute atomic E-state index is 14.8. The zero-order valence-corrected chi connectivity index (χ0v) is 26.6. The number of likely N-dealkylation sites (tertiary alicyclic amines) is 1. The molecule has 3 atom stereocenters. The number of rotatable bonds is 14. The fourth-order valence-electron chi connectivity index (χ4n) is 7.15. The van der Waals surface area contributed by atoms with Crippen LogP contribution >= 0.6 is 0 Å². The highest BCUT2D eigenvalue weighted by Crippen LogP contribution is 2.47. The normalized spacial score (nSPS) is 21.5. The Bertz CT molecular complexity index is 1340. The summed E-state index contributed by atoms with van der Waals surface area (Å²) >= 11 is 0. The van der Waals surface area contributed by atoms with Crippen LogP contribution in [0.4, 0.5) is 10.1 Å². The number of anilines is 1. The summed E-state index contributed by atoms with van der Waals surface area (Å²) < 4.78 is 43.0. The first-order valence-electron chi connectivity index (χ1n) is 16.0. The van der Waals surface area contributed by atoms with E-state index >= 15 is 0 Å². The van der Waals surface area contributed by atoms with Gasteiger partial charge in [-0.1, -0.05) is 32.8 Å². The molecule has 3 aliphatic heterocycles. The van der Waals surface area contributed by atoms with Crippen molar-refractivity contribution in [3.63, 3.8) is 0 Å². The third-order valence-corrected chi connectivity index (χ3v) is 9.25. The van der Waals surface area contributed by atoms with Gasteiger partial charge < -0.3 is 33.7 Å². The zero-order valence-electron chi connectivity index (χ0n) is 26.6. The van der Waals surface area contributed by atoms with Crippen molar-refractivity contribution in [2.45, 2.75) is 83.6 Å². The van der Waals surface area contributed by atoms with Gasteiger partial charge in [-0.3, -0.25) is 14.5 Å². The lowest BCUT2D eigenvalue weighted by atomic mass is 9.83. The topological polar surface area (TPSA) is 107 Å². The molecule has 0 aliphatic carbocycles. The number of carbonyl (C=O) groups is 2. The molecule has 11 heteroatoms. The van der Waals surface area contributed by atoms with Gasteiger partial charge in [0.15, 0.2) is 17.8 Å². The molecule has 1 amide bonds. The van der Waals surface area contributed by atoms with Crippen molar-refractivity contribution in [1.82, 2.24) is 4.90 Å². The van der Waals surface area contributed by atoms with Crippen molar-refractivity contribution in [3.05, 3.63) is 47.3 Å². The molecule has 5 rings (SSSR count). The first-order chi connectivity index (χ1) is 21.8. The molecule has 0 saturated carbocycles. The van der Waals surface area contributed by atoms with Crippen LogP contribution < -0.4 is 19.1 Å². The Morgan fingerprint density at radius 2 is 1.84 bits per heavy atom. The lowest BCUT2D eigenvalue weighted by molar-refractivity contribution is -0.143. The van der Waals surface area contributed by atoms with Crippen LogP contribution in [0.2, 0.25) is 0 Å². The molecule has 2 saturated heterocycles. The van der Waals surface area contributed by atoms with Crippen LogP contribution in [0.3, 0.4) is 0 Å². The van der Waals surface area contributed by atoms with E-state index in [1.807, 2.05) is 11.0 Å². The number of amides is 1. The number of hydrogen-bond acceptors (Lipinski definition) is 8. The Balaban J connectivity index is 1.50. The van der Waals surface area contributed by atoms with Crippen LogP contribution in [-0.4, -0.2) is 80.5 Å². The van der Waals surface area contributed by atoms with Crippen molar-refractivity contribution >= 4 is 17.6 Å². The third kappa shape index (κ3) is 7.05. The summed E-state index contributed by atoms with van der Waals surface area (Å²) in [4.78, 5) is 31.2. The molecule has 3 heterocycles. The van der Waals surface area contributed by atoms with Gasteiger partial charge in [0.2, 0.25) is 18.4 Å². The Morgan fingerprint density at radius 1 is 1.11 bits per heavy atom. The van der Waals surface area contributed by atoms with E-state index in [9.17, 15) is 19.1 Å². The van der Waals surface area contributed by atoms with Crippen LogP contribution in [0.5, 0.6) is 17.2 Å². The predicted octanol–water partition coefficient (Wildman–Crippen LogP) is 5.50. The molecule has 45 heavy (non-hydrogen) atoms. The summed E-state index contributed by atoms with van der Waals surface area (Å²) in [6.07, 6.45) is 3.82. The van der Waals surface area contributed by atoms with Crippen molar-refractivity contribution in [2.24, 2.45) is 5.92 Å². The molecule has 0 aromatic heterocycles. The number of benzene rings is 2. The van der Waals surface area contributed by atoms with Crippen LogP contribution in [0, 0.1) is 18.7 Å². The zero-order chi connectivity index (χ0) is 32.1. The van der Waals surface area contributed by atoms with E-state index in [0.717, 1.165) is 31.2 Å². The number of methoxy groups -OCH3 is 1. The molecular weight excluding hydrogens is 583 g/mol. The Hall–Kier alpha value is -3.41. The monoisotopic (exact) mass is 628 g/mol. The van der Waals surface area contributed by atoms with Gasteiger partial charge in [0.05, 0.1) is 32.8 Å². The SMILES string of the molecule is CCCC(CCC)N(C(=O)CN1C[C@H](c2cc(OC)c3c(c2)OCO3)[C@@H](C(=O)O)[C@@H]1CCC1OCCO1)c1cccc(F)c1C. The molecule has 1 N–H and O–H groups in total. The largest absolute Gasteiger partial charge is 0.493 e. The van der Waals surface area contributed by atoms with Gasteiger partial charge in [-0.05, 0) is 62.4 Å². The number of hydrogen-bond donors (Lipinski definition) is 1. The maximum atomic E-state index is 14.8. The number of carboxylic acids is 1. The highest BCUT2D eigenvalue weighted by atomic mass is 19.1. The molecule has 2 aromatic carbocycles. The smallest absolute Gasteiger partial charge is 0.308 e. The molecule has 0 unspecified atom stereocenters. The Labute approximate surface area is 264 Å². The van der Waals surface area contributed by atoms with E-state index < -0.39 is 30.1 Å². The molecule has 2 fully saturated rings. The standard InChI is InChI=1S/C34H45FN2O8/c1-5-8-23(9-6-2)37(26-11-7-10-25(35)21(26)3)30(38)19-36-18-24(22-16-28(41-4)33-29(17-22)44-20-45-33)32(34(39)40)27(36)12-13-31-42-14-15-43-31/h7,10-11,16-17,23-24,27,31-32H,5-6,8-9,12-15,18-20H2,1-4H3,(H,39,40)/t24-,27+,32-/m1/s1.